The van der Waals surface area contributed by atoms with Crippen molar-refractivity contribution in [2.24, 2.45) is 0 Å². The quantitative estimate of drug-likeness (QED) is 0.929. The molecule has 1 aromatic carbocycles. The maximum atomic E-state index is 12.5. The molecular formula is C20H27N3O2. The third kappa shape index (κ3) is 3.58. The number of rotatable bonds is 4. The zero-order valence-corrected chi connectivity index (χ0v) is 15.0. The van der Waals surface area contributed by atoms with Crippen LogP contribution < -0.4 is 10.3 Å². The summed E-state index contributed by atoms with van der Waals surface area (Å²) in [6.07, 6.45) is 3.80. The molecule has 0 radical (unpaired) electrons. The first-order valence-electron chi connectivity index (χ1n) is 9.48. The van der Waals surface area contributed by atoms with Crippen LogP contribution in [-0.4, -0.2) is 53.6 Å². The Balaban J connectivity index is 1.57. The largest absolute Gasteiger partial charge is 0.494 e. The number of benzene rings is 1. The van der Waals surface area contributed by atoms with Crippen LogP contribution >= 0.6 is 0 Å². The van der Waals surface area contributed by atoms with Gasteiger partial charge in [-0.1, -0.05) is 0 Å². The molecule has 0 bridgehead atoms. The lowest BCUT2D eigenvalue weighted by Gasteiger charge is -2.25. The standard InChI is InChI=1S/C20H27N3O2/c1-2-25-18-6-7-19-15(12-18)11-16(20(24)21-19)13-22-8-4-10-23-9-3-5-17(23)14-22/h6-7,11-12,17H,2-5,8-10,13-14H2,1H3,(H,21,24)/t17-/m0/s1. The number of ether oxygens (including phenoxy) is 1. The lowest BCUT2D eigenvalue weighted by Crippen LogP contribution is -2.37. The minimum atomic E-state index is 0.0317. The first kappa shape index (κ1) is 16.6. The zero-order chi connectivity index (χ0) is 17.2. The third-order valence-corrected chi connectivity index (χ3v) is 5.49. The van der Waals surface area contributed by atoms with Gasteiger partial charge in [-0.05, 0) is 70.1 Å². The molecule has 25 heavy (non-hydrogen) atoms. The highest BCUT2D eigenvalue weighted by atomic mass is 16.5. The molecule has 2 fully saturated rings. The molecule has 2 saturated heterocycles. The van der Waals surface area contributed by atoms with Gasteiger partial charge in [0.25, 0.3) is 5.56 Å². The van der Waals surface area contributed by atoms with Gasteiger partial charge in [0.1, 0.15) is 5.75 Å². The average Bonchev–Trinajstić information content (AvgIpc) is 2.94. The monoisotopic (exact) mass is 341 g/mol. The molecule has 1 N–H and O–H groups in total. The molecule has 0 spiro atoms. The van der Waals surface area contributed by atoms with E-state index in [0.29, 0.717) is 12.6 Å². The summed E-state index contributed by atoms with van der Waals surface area (Å²) in [5, 5.41) is 1.04. The number of aromatic amines is 1. The first-order valence-corrected chi connectivity index (χ1v) is 9.48. The molecule has 1 atom stereocenters. The summed E-state index contributed by atoms with van der Waals surface area (Å²) in [4.78, 5) is 20.6. The highest BCUT2D eigenvalue weighted by Crippen LogP contribution is 2.23. The second-order valence-electron chi connectivity index (χ2n) is 7.23. The fourth-order valence-corrected chi connectivity index (χ4v) is 4.27. The number of aromatic nitrogens is 1. The molecule has 1 aromatic heterocycles. The molecular weight excluding hydrogens is 314 g/mol. The van der Waals surface area contributed by atoms with Gasteiger partial charge in [0.2, 0.25) is 0 Å². The number of hydrogen-bond acceptors (Lipinski definition) is 4. The van der Waals surface area contributed by atoms with Gasteiger partial charge in [-0.2, -0.15) is 0 Å². The lowest BCUT2D eigenvalue weighted by molar-refractivity contribution is 0.215. The number of hydrogen-bond donors (Lipinski definition) is 1. The van der Waals surface area contributed by atoms with Crippen molar-refractivity contribution in [2.75, 3.05) is 32.8 Å². The Labute approximate surface area is 148 Å². The van der Waals surface area contributed by atoms with E-state index in [1.54, 1.807) is 0 Å². The summed E-state index contributed by atoms with van der Waals surface area (Å²) in [5.41, 5.74) is 1.76. The molecule has 134 valence electrons. The fraction of sp³-hybridized carbons (Fsp3) is 0.550. The van der Waals surface area contributed by atoms with Gasteiger partial charge in [0.05, 0.1) is 6.61 Å². The van der Waals surface area contributed by atoms with E-state index < -0.39 is 0 Å². The summed E-state index contributed by atoms with van der Waals surface area (Å²) in [7, 11) is 0. The van der Waals surface area contributed by atoms with Crippen molar-refractivity contribution in [1.82, 2.24) is 14.8 Å². The second-order valence-corrected chi connectivity index (χ2v) is 7.23. The highest BCUT2D eigenvalue weighted by Gasteiger charge is 2.28. The molecule has 0 amide bonds. The lowest BCUT2D eigenvalue weighted by atomic mass is 10.1. The van der Waals surface area contributed by atoms with Crippen molar-refractivity contribution in [1.29, 1.82) is 0 Å². The van der Waals surface area contributed by atoms with Crippen LogP contribution in [0.4, 0.5) is 0 Å². The normalized spacial score (nSPS) is 22.0. The molecule has 5 nitrogen and oxygen atoms in total. The van der Waals surface area contributed by atoms with E-state index in [4.69, 9.17) is 4.74 Å². The third-order valence-electron chi connectivity index (χ3n) is 5.49. The van der Waals surface area contributed by atoms with Crippen molar-refractivity contribution < 1.29 is 4.74 Å². The maximum absolute atomic E-state index is 12.5. The van der Waals surface area contributed by atoms with Gasteiger partial charge < -0.3 is 9.72 Å². The Morgan fingerprint density at radius 1 is 1.20 bits per heavy atom. The van der Waals surface area contributed by atoms with Gasteiger partial charge >= 0.3 is 0 Å². The van der Waals surface area contributed by atoms with Crippen LogP contribution in [0.25, 0.3) is 10.9 Å². The smallest absolute Gasteiger partial charge is 0.252 e. The van der Waals surface area contributed by atoms with E-state index in [1.165, 1.54) is 32.4 Å². The molecule has 2 aliphatic rings. The summed E-state index contributed by atoms with van der Waals surface area (Å²) in [5.74, 6) is 0.851. The molecule has 0 aliphatic carbocycles. The predicted octanol–water partition coefficient (Wildman–Crippen LogP) is 2.60. The molecule has 0 unspecified atom stereocenters. The predicted molar refractivity (Wildman–Crippen MR) is 100 cm³/mol. The highest BCUT2D eigenvalue weighted by molar-refractivity contribution is 5.80. The van der Waals surface area contributed by atoms with E-state index in [9.17, 15) is 4.79 Å². The molecule has 4 rings (SSSR count). The fourth-order valence-electron chi connectivity index (χ4n) is 4.27. The van der Waals surface area contributed by atoms with Crippen LogP contribution in [-0.2, 0) is 6.54 Å². The molecule has 2 aromatic rings. The van der Waals surface area contributed by atoms with E-state index in [2.05, 4.69) is 14.8 Å². The summed E-state index contributed by atoms with van der Waals surface area (Å²) in [6.45, 7) is 7.96. The van der Waals surface area contributed by atoms with Crippen molar-refractivity contribution in [3.63, 3.8) is 0 Å². The number of H-pyrrole nitrogens is 1. The van der Waals surface area contributed by atoms with Crippen molar-refractivity contribution in [3.05, 3.63) is 40.2 Å². The van der Waals surface area contributed by atoms with Crippen LogP contribution in [0.1, 0.15) is 31.7 Å². The topological polar surface area (TPSA) is 48.6 Å². The van der Waals surface area contributed by atoms with Crippen LogP contribution in [0.2, 0.25) is 0 Å². The Bertz CT molecular complexity index is 801. The van der Waals surface area contributed by atoms with E-state index in [0.717, 1.165) is 41.9 Å². The summed E-state index contributed by atoms with van der Waals surface area (Å²) < 4.78 is 5.59. The van der Waals surface area contributed by atoms with Crippen LogP contribution in [0.3, 0.4) is 0 Å². The maximum Gasteiger partial charge on any atom is 0.252 e. The van der Waals surface area contributed by atoms with Crippen LogP contribution in [0.15, 0.2) is 29.1 Å². The first-order chi connectivity index (χ1) is 12.2. The number of nitrogens with zero attached hydrogens (tertiary/aromatic N) is 2. The Hall–Kier alpha value is -1.85. The van der Waals surface area contributed by atoms with E-state index >= 15 is 0 Å². The summed E-state index contributed by atoms with van der Waals surface area (Å²) >= 11 is 0. The minimum absolute atomic E-state index is 0.0317. The van der Waals surface area contributed by atoms with Crippen molar-refractivity contribution in [3.8, 4) is 5.75 Å². The van der Waals surface area contributed by atoms with Crippen LogP contribution in [0.5, 0.6) is 5.75 Å². The van der Waals surface area contributed by atoms with Gasteiger partial charge in [-0.15, -0.1) is 0 Å². The second kappa shape index (κ2) is 7.18. The van der Waals surface area contributed by atoms with Crippen molar-refractivity contribution >= 4 is 10.9 Å². The van der Waals surface area contributed by atoms with Gasteiger partial charge in [0.15, 0.2) is 0 Å². The van der Waals surface area contributed by atoms with Gasteiger partial charge in [-0.3, -0.25) is 14.6 Å². The average molecular weight is 341 g/mol. The minimum Gasteiger partial charge on any atom is -0.494 e. The van der Waals surface area contributed by atoms with E-state index in [1.807, 2.05) is 31.2 Å². The number of pyridine rings is 1. The van der Waals surface area contributed by atoms with Crippen molar-refractivity contribution in [2.45, 2.75) is 38.8 Å². The number of fused-ring (bicyclic) bond motifs is 2. The van der Waals surface area contributed by atoms with Crippen LogP contribution in [0, 0.1) is 0 Å². The Morgan fingerprint density at radius 3 is 2.96 bits per heavy atom. The SMILES string of the molecule is CCOc1ccc2[nH]c(=O)c(CN3CCCN4CCC[C@H]4C3)cc2c1. The molecule has 0 saturated carbocycles. The molecule has 2 aliphatic heterocycles. The summed E-state index contributed by atoms with van der Waals surface area (Å²) in [6, 6.07) is 8.55. The van der Waals surface area contributed by atoms with Gasteiger partial charge in [-0.25, -0.2) is 0 Å². The number of nitrogens with one attached hydrogen (secondary N) is 1. The van der Waals surface area contributed by atoms with Gasteiger partial charge in [0, 0.05) is 35.6 Å². The Kier molecular flexibility index (Phi) is 4.77. The Morgan fingerprint density at radius 2 is 2.08 bits per heavy atom. The molecule has 3 heterocycles. The molecule has 5 heteroatoms. The van der Waals surface area contributed by atoms with E-state index in [-0.39, 0.29) is 5.56 Å². The zero-order valence-electron chi connectivity index (χ0n) is 15.0.